The maximum atomic E-state index is 14.0. The second-order valence-electron chi connectivity index (χ2n) is 6.34. The van der Waals surface area contributed by atoms with Gasteiger partial charge in [0.2, 0.25) is 0 Å². The number of nitrogens with zero attached hydrogens (tertiary/aromatic N) is 4. The van der Waals surface area contributed by atoms with E-state index in [9.17, 15) is 8.78 Å². The molecule has 0 saturated carbocycles. The zero-order valence-corrected chi connectivity index (χ0v) is 14.2. The van der Waals surface area contributed by atoms with Gasteiger partial charge in [0.15, 0.2) is 5.82 Å². The van der Waals surface area contributed by atoms with Crippen molar-refractivity contribution in [3.05, 3.63) is 53.5 Å². The van der Waals surface area contributed by atoms with Crippen LogP contribution in [0, 0.1) is 11.6 Å². The number of rotatable bonds is 4. The molecule has 0 bridgehead atoms. The summed E-state index contributed by atoms with van der Waals surface area (Å²) in [5.74, 6) is -0.949. The van der Waals surface area contributed by atoms with Gasteiger partial charge in [0.25, 0.3) is 0 Å². The van der Waals surface area contributed by atoms with Crippen LogP contribution in [0.1, 0.15) is 31.0 Å². The summed E-state index contributed by atoms with van der Waals surface area (Å²) in [7, 11) is 3.79. The zero-order chi connectivity index (χ0) is 17.4. The Bertz CT molecular complexity index is 886. The molecule has 24 heavy (non-hydrogen) atoms. The average Bonchev–Trinajstić information content (AvgIpc) is 2.87. The van der Waals surface area contributed by atoms with Gasteiger partial charge in [-0.3, -0.25) is 9.67 Å². The van der Waals surface area contributed by atoms with Gasteiger partial charge in [0, 0.05) is 55.7 Å². The summed E-state index contributed by atoms with van der Waals surface area (Å²) in [6.45, 7) is 4.79. The highest BCUT2D eigenvalue weighted by atomic mass is 19.1. The third-order valence-corrected chi connectivity index (χ3v) is 4.04. The Labute approximate surface area is 139 Å². The van der Waals surface area contributed by atoms with Crippen molar-refractivity contribution in [3.63, 3.8) is 0 Å². The lowest BCUT2D eigenvalue weighted by Gasteiger charge is -2.21. The molecule has 6 heteroatoms. The lowest BCUT2D eigenvalue weighted by Crippen LogP contribution is -2.18. The molecule has 2 aromatic heterocycles. The van der Waals surface area contributed by atoms with Gasteiger partial charge in [0.1, 0.15) is 11.3 Å². The number of aryl methyl sites for hydroxylation is 1. The number of anilines is 1. The van der Waals surface area contributed by atoms with E-state index in [2.05, 4.69) is 23.9 Å². The Balaban J connectivity index is 2.02. The average molecular weight is 330 g/mol. The third-order valence-electron chi connectivity index (χ3n) is 4.04. The smallest absolute Gasteiger partial charge is 0.152 e. The highest BCUT2D eigenvalue weighted by molar-refractivity contribution is 5.91. The Morgan fingerprint density at radius 1 is 1.25 bits per heavy atom. The molecule has 3 aromatic rings. The lowest BCUT2D eigenvalue weighted by molar-refractivity contribution is 0.590. The zero-order valence-electron chi connectivity index (χ0n) is 14.2. The van der Waals surface area contributed by atoms with Crippen molar-refractivity contribution in [1.29, 1.82) is 0 Å². The van der Waals surface area contributed by atoms with Crippen molar-refractivity contribution in [2.24, 2.45) is 7.05 Å². The number of hydrogen-bond acceptors (Lipinski definition) is 3. The van der Waals surface area contributed by atoms with Crippen molar-refractivity contribution in [2.45, 2.75) is 26.3 Å². The Hall–Kier alpha value is -2.50. The molecule has 0 aliphatic carbocycles. The fourth-order valence-electron chi connectivity index (χ4n) is 3.00. The summed E-state index contributed by atoms with van der Waals surface area (Å²) in [5, 5.41) is 4.97. The van der Waals surface area contributed by atoms with Crippen LogP contribution in [0.4, 0.5) is 14.5 Å². The van der Waals surface area contributed by atoms with Crippen molar-refractivity contribution < 1.29 is 8.78 Å². The lowest BCUT2D eigenvalue weighted by atomic mass is 10.1. The maximum absolute atomic E-state index is 14.0. The first-order valence-electron chi connectivity index (χ1n) is 7.84. The number of fused-ring (bicyclic) bond motifs is 1. The SMILES string of the molecule is CC(C)c1nn(C)cc1CN(C)c1ccnc2c(F)cc(F)cc12. The molecule has 0 N–H and O–H groups in total. The largest absolute Gasteiger partial charge is 0.370 e. The van der Waals surface area contributed by atoms with Gasteiger partial charge in [0.05, 0.1) is 5.69 Å². The minimum absolute atomic E-state index is 0.177. The fourth-order valence-corrected chi connectivity index (χ4v) is 3.00. The molecule has 1 aromatic carbocycles. The first-order chi connectivity index (χ1) is 11.4. The molecule has 126 valence electrons. The number of hydrogen-bond donors (Lipinski definition) is 0. The van der Waals surface area contributed by atoms with Gasteiger partial charge >= 0.3 is 0 Å². The van der Waals surface area contributed by atoms with Crippen LogP contribution in [0.3, 0.4) is 0 Å². The molecule has 0 unspecified atom stereocenters. The number of aromatic nitrogens is 3. The van der Waals surface area contributed by atoms with Crippen molar-refractivity contribution in [2.75, 3.05) is 11.9 Å². The van der Waals surface area contributed by atoms with Gasteiger partial charge in [-0.15, -0.1) is 0 Å². The van der Waals surface area contributed by atoms with Crippen LogP contribution in [-0.4, -0.2) is 21.8 Å². The van der Waals surface area contributed by atoms with E-state index in [4.69, 9.17) is 0 Å². The maximum Gasteiger partial charge on any atom is 0.152 e. The van der Waals surface area contributed by atoms with Crippen molar-refractivity contribution in [3.8, 4) is 0 Å². The normalized spacial score (nSPS) is 11.5. The molecule has 2 heterocycles. The Kier molecular flexibility index (Phi) is 4.22. The molecular formula is C18H20F2N4. The monoisotopic (exact) mass is 330 g/mol. The summed E-state index contributed by atoms with van der Waals surface area (Å²) in [5.41, 5.74) is 3.03. The van der Waals surface area contributed by atoms with E-state index < -0.39 is 11.6 Å². The van der Waals surface area contributed by atoms with Crippen LogP contribution in [0.5, 0.6) is 0 Å². The van der Waals surface area contributed by atoms with Gasteiger partial charge in [-0.25, -0.2) is 8.78 Å². The van der Waals surface area contributed by atoms with Gasteiger partial charge in [-0.05, 0) is 18.1 Å². The first-order valence-corrected chi connectivity index (χ1v) is 7.84. The fraction of sp³-hybridized carbons (Fsp3) is 0.333. The molecule has 0 saturated heterocycles. The van der Waals surface area contributed by atoms with E-state index in [1.165, 1.54) is 6.07 Å². The molecular weight excluding hydrogens is 310 g/mol. The van der Waals surface area contributed by atoms with Gasteiger partial charge in [-0.2, -0.15) is 5.10 Å². The van der Waals surface area contributed by atoms with Crippen LogP contribution in [0.2, 0.25) is 0 Å². The van der Waals surface area contributed by atoms with Crippen LogP contribution in [-0.2, 0) is 13.6 Å². The van der Waals surface area contributed by atoms with Crippen LogP contribution in [0.25, 0.3) is 10.9 Å². The molecule has 0 atom stereocenters. The predicted octanol–water partition coefficient (Wildman–Crippen LogP) is 4.01. The summed E-state index contributed by atoms with van der Waals surface area (Å²) in [6, 6.07) is 3.95. The Morgan fingerprint density at radius 3 is 2.71 bits per heavy atom. The quantitative estimate of drug-likeness (QED) is 0.725. The summed E-state index contributed by atoms with van der Waals surface area (Å²) in [6.07, 6.45) is 3.53. The Morgan fingerprint density at radius 2 is 2.00 bits per heavy atom. The van der Waals surface area contributed by atoms with Gasteiger partial charge < -0.3 is 4.90 Å². The van der Waals surface area contributed by atoms with Crippen LogP contribution < -0.4 is 4.90 Å². The highest BCUT2D eigenvalue weighted by Crippen LogP contribution is 2.29. The van der Waals surface area contributed by atoms with Crippen LogP contribution >= 0.6 is 0 Å². The van der Waals surface area contributed by atoms with Crippen LogP contribution in [0.15, 0.2) is 30.6 Å². The number of pyridine rings is 1. The molecule has 0 aliphatic heterocycles. The summed E-state index contributed by atoms with van der Waals surface area (Å²) in [4.78, 5) is 6.00. The summed E-state index contributed by atoms with van der Waals surface area (Å²) >= 11 is 0. The first kappa shape index (κ1) is 16.4. The minimum Gasteiger partial charge on any atom is -0.370 e. The van der Waals surface area contributed by atoms with E-state index in [1.54, 1.807) is 16.9 Å². The van der Waals surface area contributed by atoms with E-state index in [1.807, 2.05) is 25.2 Å². The molecule has 4 nitrogen and oxygen atoms in total. The van der Waals surface area contributed by atoms with E-state index in [-0.39, 0.29) is 5.52 Å². The van der Waals surface area contributed by atoms with E-state index in [0.717, 1.165) is 23.0 Å². The number of benzene rings is 1. The van der Waals surface area contributed by atoms with Crippen molar-refractivity contribution >= 4 is 16.6 Å². The molecule has 0 amide bonds. The topological polar surface area (TPSA) is 34.0 Å². The molecule has 0 spiro atoms. The third kappa shape index (κ3) is 2.96. The van der Waals surface area contributed by atoms with Crippen molar-refractivity contribution in [1.82, 2.24) is 14.8 Å². The van der Waals surface area contributed by atoms with E-state index >= 15 is 0 Å². The molecule has 0 radical (unpaired) electrons. The second-order valence-corrected chi connectivity index (χ2v) is 6.34. The molecule has 0 fully saturated rings. The molecule has 3 rings (SSSR count). The summed E-state index contributed by atoms with van der Waals surface area (Å²) < 4.78 is 29.4. The highest BCUT2D eigenvalue weighted by Gasteiger charge is 2.16. The molecule has 0 aliphatic rings. The standard InChI is InChI=1S/C18H20F2N4/c1-11(2)17-12(10-24(4)22-17)9-23(3)16-5-6-21-18-14(16)7-13(19)8-15(18)20/h5-8,10-11H,9H2,1-4H3. The minimum atomic E-state index is -0.649. The van der Waals surface area contributed by atoms with E-state index in [0.29, 0.717) is 17.8 Å². The predicted molar refractivity (Wildman–Crippen MR) is 91.1 cm³/mol. The second kappa shape index (κ2) is 6.19. The van der Waals surface area contributed by atoms with Gasteiger partial charge in [-0.1, -0.05) is 13.8 Å². The number of halogens is 2.